The molecular weight excluding hydrogens is 300 g/mol. The van der Waals surface area contributed by atoms with Crippen molar-refractivity contribution >= 4 is 22.9 Å². The summed E-state index contributed by atoms with van der Waals surface area (Å²) in [4.78, 5) is 6.99. The maximum absolute atomic E-state index is 5.86. The van der Waals surface area contributed by atoms with Crippen LogP contribution in [0.5, 0.6) is 0 Å². The third-order valence-corrected chi connectivity index (χ3v) is 4.66. The summed E-state index contributed by atoms with van der Waals surface area (Å²) in [7, 11) is 2.19. The molecular formula is C17H23ClN2S. The van der Waals surface area contributed by atoms with Crippen molar-refractivity contribution in [2.75, 3.05) is 13.6 Å². The lowest BCUT2D eigenvalue weighted by Gasteiger charge is -2.19. The van der Waals surface area contributed by atoms with Crippen LogP contribution >= 0.6 is 22.9 Å². The Morgan fingerprint density at radius 2 is 2.05 bits per heavy atom. The average Bonchev–Trinajstić information content (AvgIpc) is 2.94. The molecule has 2 rings (SSSR count). The number of halogens is 1. The molecule has 1 aromatic heterocycles. The number of thiazole rings is 1. The van der Waals surface area contributed by atoms with Gasteiger partial charge in [-0.1, -0.05) is 38.1 Å². The largest absolute Gasteiger partial charge is 0.302 e. The van der Waals surface area contributed by atoms with Gasteiger partial charge in [-0.2, -0.15) is 0 Å². The summed E-state index contributed by atoms with van der Waals surface area (Å²) in [6, 6.07) is 8.53. The molecule has 0 radical (unpaired) electrons. The second-order valence-corrected chi connectivity index (χ2v) is 6.98. The van der Waals surface area contributed by atoms with E-state index in [9.17, 15) is 0 Å². The molecule has 21 heavy (non-hydrogen) atoms. The monoisotopic (exact) mass is 322 g/mol. The first-order valence-corrected chi connectivity index (χ1v) is 8.78. The van der Waals surface area contributed by atoms with E-state index in [1.54, 1.807) is 11.3 Å². The number of hydrogen-bond acceptors (Lipinski definition) is 3. The summed E-state index contributed by atoms with van der Waals surface area (Å²) in [6.07, 6.45) is 1.23. The van der Waals surface area contributed by atoms with Crippen molar-refractivity contribution in [2.24, 2.45) is 5.92 Å². The van der Waals surface area contributed by atoms with Crippen LogP contribution in [0.1, 0.15) is 31.5 Å². The average molecular weight is 323 g/mol. The third kappa shape index (κ3) is 4.80. The smallest absolute Gasteiger partial charge is 0.123 e. The Morgan fingerprint density at radius 1 is 1.29 bits per heavy atom. The molecule has 114 valence electrons. The molecule has 0 unspecified atom stereocenters. The molecule has 2 aromatic rings. The number of alkyl halides is 1. The predicted molar refractivity (Wildman–Crippen MR) is 92.9 cm³/mol. The topological polar surface area (TPSA) is 16.1 Å². The second-order valence-electron chi connectivity index (χ2n) is 5.86. The minimum Gasteiger partial charge on any atom is -0.302 e. The number of aromatic nitrogens is 1. The second kappa shape index (κ2) is 7.92. The van der Waals surface area contributed by atoms with E-state index in [4.69, 9.17) is 11.6 Å². The first-order chi connectivity index (χ1) is 10.1. The highest BCUT2D eigenvalue weighted by atomic mass is 35.5. The molecule has 0 amide bonds. The normalized spacial score (nSPS) is 11.5. The van der Waals surface area contributed by atoms with E-state index in [2.05, 4.69) is 55.0 Å². The lowest BCUT2D eigenvalue weighted by atomic mass is 10.1. The molecule has 0 saturated carbocycles. The zero-order valence-corrected chi connectivity index (χ0v) is 14.5. The lowest BCUT2D eigenvalue weighted by Crippen LogP contribution is -2.20. The molecule has 4 heteroatoms. The molecule has 0 atom stereocenters. The SMILES string of the molecule is CC(C)CCN(C)Cc1ccccc1-c1nc(CCl)cs1. The fourth-order valence-electron chi connectivity index (χ4n) is 2.21. The maximum atomic E-state index is 5.86. The standard InChI is InChI=1S/C17H23ClN2S/c1-13(2)8-9-20(3)11-14-6-4-5-7-16(14)17-19-15(10-18)12-21-17/h4-7,12-13H,8-11H2,1-3H3. The number of hydrogen-bond donors (Lipinski definition) is 0. The van der Waals surface area contributed by atoms with Crippen LogP contribution in [-0.4, -0.2) is 23.5 Å². The van der Waals surface area contributed by atoms with Gasteiger partial charge in [-0.3, -0.25) is 0 Å². The van der Waals surface area contributed by atoms with Crippen molar-refractivity contribution in [1.29, 1.82) is 0 Å². The molecule has 0 aliphatic rings. The Balaban J connectivity index is 2.13. The summed E-state index contributed by atoms with van der Waals surface area (Å²) in [6.45, 7) is 6.62. The van der Waals surface area contributed by atoms with E-state index >= 15 is 0 Å². The van der Waals surface area contributed by atoms with E-state index in [1.807, 2.05) is 5.38 Å². The van der Waals surface area contributed by atoms with Crippen LogP contribution in [0.15, 0.2) is 29.6 Å². The zero-order valence-electron chi connectivity index (χ0n) is 13.0. The van der Waals surface area contributed by atoms with Crippen molar-refractivity contribution in [2.45, 2.75) is 32.7 Å². The molecule has 0 saturated heterocycles. The molecule has 2 nitrogen and oxygen atoms in total. The van der Waals surface area contributed by atoms with Crippen LogP contribution in [-0.2, 0) is 12.4 Å². The van der Waals surface area contributed by atoms with Crippen LogP contribution in [0.4, 0.5) is 0 Å². The van der Waals surface area contributed by atoms with Gasteiger partial charge in [0, 0.05) is 17.5 Å². The molecule has 0 spiro atoms. The van der Waals surface area contributed by atoms with E-state index in [1.165, 1.54) is 17.5 Å². The van der Waals surface area contributed by atoms with E-state index in [0.717, 1.165) is 29.7 Å². The van der Waals surface area contributed by atoms with E-state index < -0.39 is 0 Å². The van der Waals surface area contributed by atoms with Crippen LogP contribution in [0, 0.1) is 5.92 Å². The summed E-state index contributed by atoms with van der Waals surface area (Å²) in [5.41, 5.74) is 3.52. The zero-order chi connectivity index (χ0) is 15.2. The highest BCUT2D eigenvalue weighted by Gasteiger charge is 2.11. The Kier molecular flexibility index (Phi) is 6.22. The van der Waals surface area contributed by atoms with Crippen molar-refractivity contribution in [1.82, 2.24) is 9.88 Å². The molecule has 1 aromatic carbocycles. The third-order valence-electron chi connectivity index (χ3n) is 3.46. The van der Waals surface area contributed by atoms with Gasteiger partial charge in [0.1, 0.15) is 5.01 Å². The highest BCUT2D eigenvalue weighted by molar-refractivity contribution is 7.13. The van der Waals surface area contributed by atoms with E-state index in [-0.39, 0.29) is 0 Å². The van der Waals surface area contributed by atoms with Gasteiger partial charge in [-0.25, -0.2) is 4.98 Å². The van der Waals surface area contributed by atoms with Gasteiger partial charge in [-0.15, -0.1) is 22.9 Å². The van der Waals surface area contributed by atoms with Crippen molar-refractivity contribution < 1.29 is 0 Å². The van der Waals surface area contributed by atoms with E-state index in [0.29, 0.717) is 5.88 Å². The molecule has 0 bridgehead atoms. The minimum atomic E-state index is 0.479. The Hall–Kier alpha value is -0.900. The Morgan fingerprint density at radius 3 is 2.71 bits per heavy atom. The van der Waals surface area contributed by atoms with Crippen LogP contribution in [0.3, 0.4) is 0 Å². The maximum Gasteiger partial charge on any atom is 0.123 e. The first-order valence-electron chi connectivity index (χ1n) is 7.37. The fourth-order valence-corrected chi connectivity index (χ4v) is 3.32. The van der Waals surface area contributed by atoms with Crippen LogP contribution < -0.4 is 0 Å². The van der Waals surface area contributed by atoms with Gasteiger partial charge < -0.3 is 4.90 Å². The van der Waals surface area contributed by atoms with Gasteiger partial charge in [0.15, 0.2) is 0 Å². The fraction of sp³-hybridized carbons (Fsp3) is 0.471. The summed E-state index contributed by atoms with van der Waals surface area (Å²) in [5.74, 6) is 1.22. The molecule has 0 fully saturated rings. The van der Waals surface area contributed by atoms with Crippen LogP contribution in [0.25, 0.3) is 10.6 Å². The molecule has 1 heterocycles. The molecule has 0 N–H and O–H groups in total. The Bertz CT molecular complexity index is 565. The summed E-state index contributed by atoms with van der Waals surface area (Å²) >= 11 is 7.53. The first kappa shape index (κ1) is 16.5. The highest BCUT2D eigenvalue weighted by Crippen LogP contribution is 2.28. The number of benzene rings is 1. The van der Waals surface area contributed by atoms with Gasteiger partial charge in [0.25, 0.3) is 0 Å². The number of rotatable bonds is 7. The van der Waals surface area contributed by atoms with Gasteiger partial charge >= 0.3 is 0 Å². The van der Waals surface area contributed by atoms with Crippen molar-refractivity contribution in [3.05, 3.63) is 40.9 Å². The minimum absolute atomic E-state index is 0.479. The van der Waals surface area contributed by atoms with Crippen LogP contribution in [0.2, 0.25) is 0 Å². The van der Waals surface area contributed by atoms with Crippen molar-refractivity contribution in [3.8, 4) is 10.6 Å². The van der Waals surface area contributed by atoms with Crippen molar-refractivity contribution in [3.63, 3.8) is 0 Å². The summed E-state index contributed by atoms with van der Waals surface area (Å²) < 4.78 is 0. The van der Waals surface area contributed by atoms with Gasteiger partial charge in [0.05, 0.1) is 11.6 Å². The molecule has 0 aliphatic heterocycles. The Labute approximate surface area is 136 Å². The summed E-state index contributed by atoms with van der Waals surface area (Å²) in [5, 5.41) is 3.11. The van der Waals surface area contributed by atoms with Gasteiger partial charge in [0.2, 0.25) is 0 Å². The van der Waals surface area contributed by atoms with Gasteiger partial charge in [-0.05, 0) is 31.5 Å². The quantitative estimate of drug-likeness (QED) is 0.665. The number of nitrogens with zero attached hydrogens (tertiary/aromatic N) is 2. The molecule has 0 aliphatic carbocycles. The lowest BCUT2D eigenvalue weighted by molar-refractivity contribution is 0.304. The predicted octanol–water partition coefficient (Wildman–Crippen LogP) is 5.03.